The van der Waals surface area contributed by atoms with Crippen LogP contribution in [-0.4, -0.2) is 9.97 Å². The van der Waals surface area contributed by atoms with E-state index in [2.05, 4.69) is 9.97 Å². The van der Waals surface area contributed by atoms with E-state index in [0.717, 1.165) is 4.88 Å². The van der Waals surface area contributed by atoms with Crippen LogP contribution in [0.5, 0.6) is 0 Å². The molecule has 0 amide bonds. The Morgan fingerprint density at radius 1 is 1.06 bits per heavy atom. The van der Waals surface area contributed by atoms with Crippen LogP contribution in [0.1, 0.15) is 0 Å². The van der Waals surface area contributed by atoms with Gasteiger partial charge in [0.25, 0.3) is 0 Å². The number of hydrogen-bond acceptors (Lipinski definition) is 3. The first-order valence-corrected chi connectivity index (χ1v) is 6.60. The first kappa shape index (κ1) is 11.8. The molecular formula is C12H5Cl2FN2S. The second kappa shape index (κ2) is 4.46. The van der Waals surface area contributed by atoms with Crippen molar-refractivity contribution in [3.63, 3.8) is 0 Å². The Morgan fingerprint density at radius 3 is 2.61 bits per heavy atom. The number of aromatic nitrogens is 2. The van der Waals surface area contributed by atoms with Gasteiger partial charge in [0.2, 0.25) is 0 Å². The normalized spacial score (nSPS) is 11.1. The molecule has 0 bridgehead atoms. The predicted octanol–water partition coefficient (Wildman–Crippen LogP) is 4.80. The van der Waals surface area contributed by atoms with E-state index in [1.54, 1.807) is 24.3 Å². The molecule has 0 saturated heterocycles. The van der Waals surface area contributed by atoms with E-state index >= 15 is 0 Å². The maximum absolute atomic E-state index is 13.7. The molecule has 2 aromatic heterocycles. The van der Waals surface area contributed by atoms with E-state index < -0.39 is 5.82 Å². The van der Waals surface area contributed by atoms with Gasteiger partial charge in [-0.1, -0.05) is 29.3 Å². The minimum absolute atomic E-state index is 0.219. The van der Waals surface area contributed by atoms with Crippen LogP contribution in [0.15, 0.2) is 30.3 Å². The molecule has 0 aliphatic heterocycles. The fourth-order valence-electron chi connectivity index (χ4n) is 1.62. The zero-order chi connectivity index (χ0) is 12.7. The van der Waals surface area contributed by atoms with Crippen LogP contribution in [0.3, 0.4) is 0 Å². The summed E-state index contributed by atoms with van der Waals surface area (Å²) in [5.74, 6) is -0.0322. The second-order valence-corrected chi connectivity index (χ2v) is 5.65. The molecule has 0 saturated carbocycles. The summed E-state index contributed by atoms with van der Waals surface area (Å²) in [5.41, 5.74) is 0.219. The highest BCUT2D eigenvalue weighted by molar-refractivity contribution is 7.19. The van der Waals surface area contributed by atoms with E-state index in [4.69, 9.17) is 23.2 Å². The van der Waals surface area contributed by atoms with Gasteiger partial charge in [-0.05, 0) is 24.3 Å². The molecule has 2 heterocycles. The van der Waals surface area contributed by atoms with Gasteiger partial charge in [0.15, 0.2) is 5.82 Å². The number of rotatable bonds is 1. The van der Waals surface area contributed by atoms with Crippen molar-refractivity contribution in [1.29, 1.82) is 0 Å². The van der Waals surface area contributed by atoms with Gasteiger partial charge in [0.05, 0.1) is 9.21 Å². The standard InChI is InChI=1S/C12H5Cl2FN2S/c13-9-5-4-8(18-9)12-16-10-6(11(14)17-12)2-1-3-7(10)15/h1-5H. The molecule has 1 aromatic carbocycles. The van der Waals surface area contributed by atoms with Gasteiger partial charge < -0.3 is 0 Å². The SMILES string of the molecule is Fc1cccc2c(Cl)nc(-c3ccc(Cl)s3)nc12. The summed E-state index contributed by atoms with van der Waals surface area (Å²) in [5, 5.41) is 0.738. The Morgan fingerprint density at radius 2 is 1.89 bits per heavy atom. The van der Waals surface area contributed by atoms with Crippen LogP contribution in [0, 0.1) is 5.82 Å². The molecule has 0 aliphatic rings. The molecule has 90 valence electrons. The van der Waals surface area contributed by atoms with Crippen molar-refractivity contribution in [3.05, 3.63) is 45.6 Å². The molecule has 0 atom stereocenters. The molecule has 3 aromatic rings. The largest absolute Gasteiger partial charge is 0.224 e. The molecule has 2 nitrogen and oxygen atoms in total. The lowest BCUT2D eigenvalue weighted by Gasteiger charge is -2.03. The first-order chi connectivity index (χ1) is 8.65. The quantitative estimate of drug-likeness (QED) is 0.603. The summed E-state index contributed by atoms with van der Waals surface area (Å²) in [6.07, 6.45) is 0. The fourth-order valence-corrected chi connectivity index (χ4v) is 2.83. The highest BCUT2D eigenvalue weighted by atomic mass is 35.5. The summed E-state index contributed by atoms with van der Waals surface area (Å²) in [4.78, 5) is 9.12. The van der Waals surface area contributed by atoms with E-state index in [1.807, 2.05) is 0 Å². The van der Waals surface area contributed by atoms with Gasteiger partial charge in [-0.25, -0.2) is 14.4 Å². The van der Waals surface area contributed by atoms with Crippen LogP contribution >= 0.6 is 34.5 Å². The molecular weight excluding hydrogens is 294 g/mol. The first-order valence-electron chi connectivity index (χ1n) is 5.02. The topological polar surface area (TPSA) is 25.8 Å². The highest BCUT2D eigenvalue weighted by Gasteiger charge is 2.12. The van der Waals surface area contributed by atoms with Gasteiger partial charge in [0.1, 0.15) is 16.5 Å². The number of nitrogens with zero attached hydrogens (tertiary/aromatic N) is 2. The fraction of sp³-hybridized carbons (Fsp3) is 0. The summed E-state index contributed by atoms with van der Waals surface area (Å²) in [6.45, 7) is 0. The Bertz CT molecular complexity index is 742. The number of hydrogen-bond donors (Lipinski definition) is 0. The zero-order valence-corrected chi connectivity index (χ0v) is 11.2. The molecule has 0 N–H and O–H groups in total. The average Bonchev–Trinajstić information content (AvgIpc) is 2.77. The van der Waals surface area contributed by atoms with Crippen molar-refractivity contribution in [2.45, 2.75) is 0 Å². The maximum Gasteiger partial charge on any atom is 0.171 e. The van der Waals surface area contributed by atoms with Gasteiger partial charge >= 0.3 is 0 Å². The van der Waals surface area contributed by atoms with Crippen LogP contribution in [-0.2, 0) is 0 Å². The van der Waals surface area contributed by atoms with Crippen molar-refractivity contribution in [3.8, 4) is 10.7 Å². The second-order valence-electron chi connectivity index (χ2n) is 3.58. The van der Waals surface area contributed by atoms with Gasteiger partial charge in [-0.15, -0.1) is 11.3 Å². The van der Waals surface area contributed by atoms with Crippen LogP contribution in [0.25, 0.3) is 21.6 Å². The Hall–Kier alpha value is -1.23. The number of para-hydroxylation sites is 1. The number of fused-ring (bicyclic) bond motifs is 1. The summed E-state index contributed by atoms with van der Waals surface area (Å²) < 4.78 is 14.3. The van der Waals surface area contributed by atoms with Crippen molar-refractivity contribution >= 4 is 45.4 Å². The molecule has 0 fully saturated rings. The lowest BCUT2D eigenvalue weighted by Crippen LogP contribution is -1.92. The van der Waals surface area contributed by atoms with Crippen LogP contribution < -0.4 is 0 Å². The Balaban J connectivity index is 2.29. The molecule has 0 aliphatic carbocycles. The number of benzene rings is 1. The van der Waals surface area contributed by atoms with Crippen LogP contribution in [0.4, 0.5) is 4.39 Å². The average molecular weight is 299 g/mol. The molecule has 6 heteroatoms. The lowest BCUT2D eigenvalue weighted by atomic mass is 10.2. The van der Waals surface area contributed by atoms with E-state index in [9.17, 15) is 4.39 Å². The predicted molar refractivity (Wildman–Crippen MR) is 72.8 cm³/mol. The van der Waals surface area contributed by atoms with Gasteiger partial charge in [-0.3, -0.25) is 0 Å². The molecule has 18 heavy (non-hydrogen) atoms. The Labute approximate surface area is 116 Å². The lowest BCUT2D eigenvalue weighted by molar-refractivity contribution is 0.636. The highest BCUT2D eigenvalue weighted by Crippen LogP contribution is 2.31. The van der Waals surface area contributed by atoms with Crippen molar-refractivity contribution in [2.24, 2.45) is 0 Å². The van der Waals surface area contributed by atoms with Gasteiger partial charge in [0, 0.05) is 5.39 Å². The summed E-state index contributed by atoms with van der Waals surface area (Å²) in [6, 6.07) is 8.13. The van der Waals surface area contributed by atoms with Gasteiger partial charge in [-0.2, -0.15) is 0 Å². The van der Waals surface area contributed by atoms with Crippen molar-refractivity contribution < 1.29 is 4.39 Å². The number of halogens is 3. The molecule has 0 unspecified atom stereocenters. The molecule has 0 spiro atoms. The van der Waals surface area contributed by atoms with E-state index in [-0.39, 0.29) is 10.7 Å². The van der Waals surface area contributed by atoms with E-state index in [1.165, 1.54) is 17.4 Å². The third-order valence-corrected chi connectivity index (χ3v) is 3.94. The van der Waals surface area contributed by atoms with Crippen LogP contribution in [0.2, 0.25) is 9.49 Å². The minimum atomic E-state index is -0.416. The maximum atomic E-state index is 13.7. The van der Waals surface area contributed by atoms with Crippen molar-refractivity contribution in [1.82, 2.24) is 9.97 Å². The van der Waals surface area contributed by atoms with E-state index in [0.29, 0.717) is 15.5 Å². The minimum Gasteiger partial charge on any atom is -0.224 e. The third-order valence-electron chi connectivity index (χ3n) is 2.42. The summed E-state index contributed by atoms with van der Waals surface area (Å²) >= 11 is 13.2. The third kappa shape index (κ3) is 1.96. The smallest absolute Gasteiger partial charge is 0.171 e. The van der Waals surface area contributed by atoms with Crippen molar-refractivity contribution in [2.75, 3.05) is 0 Å². The zero-order valence-electron chi connectivity index (χ0n) is 8.82. The number of thiophene rings is 1. The molecule has 3 rings (SSSR count). The Kier molecular flexibility index (Phi) is 2.93. The monoisotopic (exact) mass is 298 g/mol. The molecule has 0 radical (unpaired) electrons. The summed E-state index contributed by atoms with van der Waals surface area (Å²) in [7, 11) is 0.